The Kier molecular flexibility index (Phi) is 8.37. The predicted octanol–water partition coefficient (Wildman–Crippen LogP) is 4.55. The number of carbonyl (C=O) groups is 2. The number of nitrogens with zero attached hydrogens (tertiary/aromatic N) is 2. The highest BCUT2D eigenvalue weighted by molar-refractivity contribution is 7.92. The summed E-state index contributed by atoms with van der Waals surface area (Å²) in [4.78, 5) is 24.7. The van der Waals surface area contributed by atoms with Gasteiger partial charge in [0.2, 0.25) is 0 Å². The monoisotopic (exact) mass is 543 g/mol. The van der Waals surface area contributed by atoms with Crippen LogP contribution in [0.5, 0.6) is 5.75 Å². The van der Waals surface area contributed by atoms with Gasteiger partial charge in [-0.05, 0) is 48.0 Å². The third-order valence-corrected chi connectivity index (χ3v) is 7.57. The molecule has 2 N–H and O–H groups in total. The first-order chi connectivity index (χ1) is 18.8. The third kappa shape index (κ3) is 6.31. The number of anilines is 1. The Morgan fingerprint density at radius 3 is 2.15 bits per heavy atom. The summed E-state index contributed by atoms with van der Waals surface area (Å²) in [5, 5.41) is 13.3. The first-order valence-corrected chi connectivity index (χ1v) is 13.2. The quantitative estimate of drug-likeness (QED) is 0.223. The Balaban J connectivity index is 1.70. The molecule has 0 radical (unpaired) electrons. The Bertz CT molecular complexity index is 1600. The fraction of sp³-hybridized carbons (Fsp3) is 0.0690. The maximum Gasteiger partial charge on any atom is 0.336 e. The Labute approximate surface area is 226 Å². The SMILES string of the molecule is COc1ccc(S(=O)(=O)N(Cc2ccccc2)c2ccccc2C(=O)N/N=C/c2ccccc2C(=O)O)cc1. The van der Waals surface area contributed by atoms with Gasteiger partial charge in [0.1, 0.15) is 5.75 Å². The number of rotatable bonds is 10. The minimum atomic E-state index is -4.12. The lowest BCUT2D eigenvalue weighted by atomic mass is 10.1. The number of sulfonamides is 1. The van der Waals surface area contributed by atoms with E-state index in [0.717, 1.165) is 0 Å². The molecule has 4 aromatic carbocycles. The van der Waals surface area contributed by atoms with E-state index in [4.69, 9.17) is 4.74 Å². The van der Waals surface area contributed by atoms with Crippen molar-refractivity contribution in [2.45, 2.75) is 11.4 Å². The zero-order valence-corrected chi connectivity index (χ0v) is 21.7. The zero-order valence-electron chi connectivity index (χ0n) is 20.9. The van der Waals surface area contributed by atoms with Crippen LogP contribution in [0.2, 0.25) is 0 Å². The van der Waals surface area contributed by atoms with E-state index in [0.29, 0.717) is 16.9 Å². The number of para-hydroxylation sites is 1. The van der Waals surface area contributed by atoms with Crippen molar-refractivity contribution in [1.82, 2.24) is 5.43 Å². The van der Waals surface area contributed by atoms with Crippen molar-refractivity contribution in [3.63, 3.8) is 0 Å². The molecule has 0 saturated heterocycles. The van der Waals surface area contributed by atoms with Crippen molar-refractivity contribution in [2.75, 3.05) is 11.4 Å². The molecule has 198 valence electrons. The van der Waals surface area contributed by atoms with Crippen molar-refractivity contribution in [1.29, 1.82) is 0 Å². The van der Waals surface area contributed by atoms with Gasteiger partial charge in [0.05, 0.1) is 41.6 Å². The molecule has 0 aliphatic carbocycles. The van der Waals surface area contributed by atoms with E-state index in [1.165, 1.54) is 41.9 Å². The van der Waals surface area contributed by atoms with E-state index >= 15 is 0 Å². The number of amides is 1. The van der Waals surface area contributed by atoms with Gasteiger partial charge in [0.25, 0.3) is 15.9 Å². The average Bonchev–Trinajstić information content (AvgIpc) is 2.96. The van der Waals surface area contributed by atoms with Gasteiger partial charge < -0.3 is 9.84 Å². The summed E-state index contributed by atoms with van der Waals surface area (Å²) < 4.78 is 34.1. The lowest BCUT2D eigenvalue weighted by molar-refractivity contribution is 0.0696. The second-order valence-electron chi connectivity index (χ2n) is 8.28. The first kappa shape index (κ1) is 27.1. The number of carboxylic acid groups (broad SMARTS) is 1. The van der Waals surface area contributed by atoms with Gasteiger partial charge in [-0.3, -0.25) is 9.10 Å². The summed E-state index contributed by atoms with van der Waals surface area (Å²) >= 11 is 0. The molecule has 1 amide bonds. The molecule has 9 nitrogen and oxygen atoms in total. The van der Waals surface area contributed by atoms with Crippen LogP contribution in [0.4, 0.5) is 5.69 Å². The molecule has 0 saturated carbocycles. The number of methoxy groups -OCH3 is 1. The molecular weight excluding hydrogens is 518 g/mol. The van der Waals surface area contributed by atoms with Gasteiger partial charge in [-0.2, -0.15) is 5.10 Å². The Hall–Kier alpha value is -4.96. The fourth-order valence-corrected chi connectivity index (χ4v) is 5.30. The molecule has 39 heavy (non-hydrogen) atoms. The van der Waals surface area contributed by atoms with Crippen LogP contribution < -0.4 is 14.5 Å². The molecule has 0 aromatic heterocycles. The topological polar surface area (TPSA) is 125 Å². The van der Waals surface area contributed by atoms with E-state index in [1.54, 1.807) is 72.8 Å². The van der Waals surface area contributed by atoms with Gasteiger partial charge >= 0.3 is 5.97 Å². The molecule has 0 unspecified atom stereocenters. The summed E-state index contributed by atoms with van der Waals surface area (Å²) in [5.41, 5.74) is 3.63. The number of nitrogens with one attached hydrogen (secondary N) is 1. The van der Waals surface area contributed by atoms with Gasteiger partial charge in [0, 0.05) is 5.56 Å². The molecule has 4 aromatic rings. The normalized spacial score (nSPS) is 11.2. The van der Waals surface area contributed by atoms with E-state index in [9.17, 15) is 23.1 Å². The molecule has 0 spiro atoms. The number of hydrazone groups is 1. The second kappa shape index (κ2) is 12.1. The minimum absolute atomic E-state index is 0.0236. The second-order valence-corrected chi connectivity index (χ2v) is 10.1. The largest absolute Gasteiger partial charge is 0.497 e. The molecule has 4 rings (SSSR count). The molecule has 0 bridgehead atoms. The summed E-state index contributed by atoms with van der Waals surface area (Å²) in [6, 6.07) is 27.5. The maximum absolute atomic E-state index is 13.9. The van der Waals surface area contributed by atoms with Crippen molar-refractivity contribution < 1.29 is 27.9 Å². The van der Waals surface area contributed by atoms with Crippen LogP contribution in [-0.4, -0.2) is 38.7 Å². The molecular formula is C29H25N3O6S. The molecule has 0 aliphatic rings. The van der Waals surface area contributed by atoms with Crippen LogP contribution in [0.25, 0.3) is 0 Å². The highest BCUT2D eigenvalue weighted by Crippen LogP contribution is 2.30. The third-order valence-electron chi connectivity index (χ3n) is 5.79. The highest BCUT2D eigenvalue weighted by Gasteiger charge is 2.28. The zero-order chi connectivity index (χ0) is 27.8. The van der Waals surface area contributed by atoms with Crippen LogP contribution >= 0.6 is 0 Å². The van der Waals surface area contributed by atoms with E-state index < -0.39 is 21.9 Å². The summed E-state index contributed by atoms with van der Waals surface area (Å²) in [6.07, 6.45) is 1.22. The summed E-state index contributed by atoms with van der Waals surface area (Å²) in [6.45, 7) is -0.0330. The molecule has 10 heteroatoms. The van der Waals surface area contributed by atoms with Crippen molar-refractivity contribution in [3.05, 3.63) is 125 Å². The number of carboxylic acids is 1. The predicted molar refractivity (Wildman–Crippen MR) is 148 cm³/mol. The number of hydrogen-bond donors (Lipinski definition) is 2. The molecule has 0 atom stereocenters. The van der Waals surface area contributed by atoms with E-state index in [2.05, 4.69) is 10.5 Å². The van der Waals surface area contributed by atoms with Crippen molar-refractivity contribution >= 4 is 33.8 Å². The van der Waals surface area contributed by atoms with E-state index in [1.807, 2.05) is 6.07 Å². The van der Waals surface area contributed by atoms with Gasteiger partial charge in [-0.1, -0.05) is 60.7 Å². The maximum atomic E-state index is 13.9. The number of benzene rings is 4. The molecule has 0 aliphatic heterocycles. The standard InChI is InChI=1S/C29H25N3O6S/c1-38-23-15-17-24(18-16-23)39(36,37)32(20-21-9-3-2-4-10-21)27-14-8-7-13-26(27)28(33)31-30-19-22-11-5-6-12-25(22)29(34)35/h2-19H,20H2,1H3,(H,31,33)(H,34,35)/b30-19+. The lowest BCUT2D eigenvalue weighted by Gasteiger charge is -2.26. The molecule has 0 fully saturated rings. The van der Waals surface area contributed by atoms with Crippen molar-refractivity contribution in [2.24, 2.45) is 5.10 Å². The summed E-state index contributed by atoms with van der Waals surface area (Å²) in [5.74, 6) is -1.29. The van der Waals surface area contributed by atoms with Gasteiger partial charge in [-0.15, -0.1) is 0 Å². The molecule has 0 heterocycles. The Morgan fingerprint density at radius 1 is 0.872 bits per heavy atom. The Morgan fingerprint density at radius 2 is 1.49 bits per heavy atom. The van der Waals surface area contributed by atoms with E-state index in [-0.39, 0.29) is 28.3 Å². The van der Waals surface area contributed by atoms with Crippen LogP contribution in [0, 0.1) is 0 Å². The van der Waals surface area contributed by atoms with Crippen LogP contribution in [0.1, 0.15) is 31.8 Å². The number of aromatic carboxylic acids is 1. The van der Waals surface area contributed by atoms with Crippen LogP contribution in [0.15, 0.2) is 113 Å². The highest BCUT2D eigenvalue weighted by atomic mass is 32.2. The fourth-order valence-electron chi connectivity index (χ4n) is 3.83. The van der Waals surface area contributed by atoms with Crippen LogP contribution in [0.3, 0.4) is 0 Å². The van der Waals surface area contributed by atoms with Crippen LogP contribution in [-0.2, 0) is 16.6 Å². The first-order valence-electron chi connectivity index (χ1n) is 11.8. The van der Waals surface area contributed by atoms with Gasteiger partial charge in [-0.25, -0.2) is 18.6 Å². The number of hydrogen-bond acceptors (Lipinski definition) is 6. The number of carbonyl (C=O) groups excluding carboxylic acids is 1. The number of ether oxygens (including phenoxy) is 1. The lowest BCUT2D eigenvalue weighted by Crippen LogP contribution is -2.33. The van der Waals surface area contributed by atoms with Gasteiger partial charge in [0.15, 0.2) is 0 Å². The van der Waals surface area contributed by atoms with Crippen molar-refractivity contribution in [3.8, 4) is 5.75 Å². The minimum Gasteiger partial charge on any atom is -0.497 e. The smallest absolute Gasteiger partial charge is 0.336 e. The summed E-state index contributed by atoms with van der Waals surface area (Å²) in [7, 11) is -2.63. The average molecular weight is 544 g/mol.